The first-order valence-electron chi connectivity index (χ1n) is 4.43. The van der Waals surface area contributed by atoms with Gasteiger partial charge in [0, 0.05) is 12.6 Å². The van der Waals surface area contributed by atoms with E-state index < -0.39 is 0 Å². The molecular formula is C9H11N5OS. The Kier molecular flexibility index (Phi) is 5.00. The molecule has 16 heavy (non-hydrogen) atoms. The maximum absolute atomic E-state index is 10.5. The number of carbonyl (C=O) groups excluding carboxylic acids is 1. The fourth-order valence-electron chi connectivity index (χ4n) is 0.881. The Morgan fingerprint density at radius 3 is 2.44 bits per heavy atom. The third-order valence-electron chi connectivity index (χ3n) is 1.43. The molecule has 0 unspecified atom stereocenters. The number of thiol groups is 1. The van der Waals surface area contributed by atoms with Crippen molar-refractivity contribution < 1.29 is 4.79 Å². The van der Waals surface area contributed by atoms with Gasteiger partial charge in [-0.3, -0.25) is 4.79 Å². The summed E-state index contributed by atoms with van der Waals surface area (Å²) in [7, 11) is 0. The Labute approximate surface area is 98.2 Å². The largest absolute Gasteiger partial charge is 0.326 e. The van der Waals surface area contributed by atoms with Crippen molar-refractivity contribution in [3.63, 3.8) is 0 Å². The van der Waals surface area contributed by atoms with Crippen LogP contribution >= 0.6 is 12.8 Å². The molecule has 1 amide bonds. The third-order valence-corrected chi connectivity index (χ3v) is 1.62. The molecule has 0 saturated heterocycles. The van der Waals surface area contributed by atoms with Crippen molar-refractivity contribution >= 4 is 24.4 Å². The first kappa shape index (κ1) is 12.2. The Bertz CT molecular complexity index is 417. The molecule has 6 nitrogen and oxygen atoms in total. The Morgan fingerprint density at radius 1 is 1.38 bits per heavy atom. The summed E-state index contributed by atoms with van der Waals surface area (Å²) in [5, 5.41) is 12.6. The van der Waals surface area contributed by atoms with Crippen LogP contribution in [-0.4, -0.2) is 25.5 Å². The molecule has 1 aromatic heterocycles. The molecule has 1 heterocycles. The number of benzene rings is 1. The van der Waals surface area contributed by atoms with Crippen molar-refractivity contribution in [2.45, 2.75) is 6.92 Å². The molecule has 0 aliphatic carbocycles. The van der Waals surface area contributed by atoms with Gasteiger partial charge >= 0.3 is 0 Å². The van der Waals surface area contributed by atoms with E-state index in [1.807, 2.05) is 30.3 Å². The summed E-state index contributed by atoms with van der Waals surface area (Å²) >= 11 is 3.72. The van der Waals surface area contributed by atoms with Crippen LogP contribution in [0.25, 0.3) is 0 Å². The number of nitrogens with one attached hydrogen (secondary N) is 1. The summed E-state index contributed by atoms with van der Waals surface area (Å²) in [5.74, 6) is -0.0359. The van der Waals surface area contributed by atoms with E-state index in [-0.39, 0.29) is 5.91 Å². The van der Waals surface area contributed by atoms with Gasteiger partial charge < -0.3 is 5.32 Å². The molecule has 1 aromatic carbocycles. The summed E-state index contributed by atoms with van der Waals surface area (Å²) in [4.78, 5) is 10.5. The highest BCUT2D eigenvalue weighted by Gasteiger charge is 1.90. The van der Waals surface area contributed by atoms with Crippen molar-refractivity contribution in [2.24, 2.45) is 0 Å². The first-order valence-corrected chi connectivity index (χ1v) is 4.83. The fraction of sp³-hybridized carbons (Fsp3) is 0.111. The molecule has 7 heteroatoms. The molecule has 2 rings (SSSR count). The lowest BCUT2D eigenvalue weighted by Crippen LogP contribution is -2.04. The highest BCUT2D eigenvalue weighted by molar-refractivity contribution is 7.78. The van der Waals surface area contributed by atoms with Crippen molar-refractivity contribution in [3.8, 4) is 0 Å². The summed E-state index contributed by atoms with van der Waals surface area (Å²) in [6.07, 6.45) is 1.39. The number of para-hydroxylation sites is 1. The van der Waals surface area contributed by atoms with E-state index in [0.29, 0.717) is 0 Å². The molecule has 0 aliphatic rings. The van der Waals surface area contributed by atoms with E-state index >= 15 is 0 Å². The predicted molar refractivity (Wildman–Crippen MR) is 62.9 cm³/mol. The quantitative estimate of drug-likeness (QED) is 0.726. The Balaban J connectivity index is 0.000000181. The third kappa shape index (κ3) is 5.11. The monoisotopic (exact) mass is 237 g/mol. The lowest BCUT2D eigenvalue weighted by molar-refractivity contribution is -0.114. The molecule has 0 atom stereocenters. The van der Waals surface area contributed by atoms with E-state index in [1.165, 1.54) is 17.3 Å². The topological polar surface area (TPSA) is 72.7 Å². The van der Waals surface area contributed by atoms with Gasteiger partial charge in [0.25, 0.3) is 0 Å². The van der Waals surface area contributed by atoms with Crippen LogP contribution in [0.3, 0.4) is 0 Å². The van der Waals surface area contributed by atoms with Gasteiger partial charge in [0.15, 0.2) is 6.33 Å². The lowest BCUT2D eigenvalue weighted by Gasteiger charge is -1.98. The zero-order valence-electron chi connectivity index (χ0n) is 8.61. The van der Waals surface area contributed by atoms with E-state index in [9.17, 15) is 4.79 Å². The summed E-state index contributed by atoms with van der Waals surface area (Å²) in [5.41, 5.74) is 0.843. The molecule has 0 saturated carbocycles. The normalized spacial score (nSPS) is 8.88. The lowest BCUT2D eigenvalue weighted by atomic mass is 10.3. The van der Waals surface area contributed by atoms with Gasteiger partial charge in [-0.25, -0.2) is 0 Å². The molecule has 2 aromatic rings. The van der Waals surface area contributed by atoms with Crippen molar-refractivity contribution in [1.82, 2.24) is 19.6 Å². The second-order valence-electron chi connectivity index (χ2n) is 2.78. The maximum atomic E-state index is 10.5. The van der Waals surface area contributed by atoms with Gasteiger partial charge in [-0.15, -0.1) is 5.10 Å². The Morgan fingerprint density at radius 2 is 2.06 bits per heavy atom. The van der Waals surface area contributed by atoms with Crippen LogP contribution in [0.5, 0.6) is 0 Å². The minimum absolute atomic E-state index is 0.0359. The molecule has 84 valence electrons. The maximum Gasteiger partial charge on any atom is 0.221 e. The van der Waals surface area contributed by atoms with Crippen LogP contribution < -0.4 is 5.32 Å². The molecule has 0 radical (unpaired) electrons. The van der Waals surface area contributed by atoms with Crippen LogP contribution in [0.1, 0.15) is 6.92 Å². The van der Waals surface area contributed by atoms with Gasteiger partial charge in [-0.2, -0.15) is 4.09 Å². The molecule has 0 spiro atoms. The average Bonchev–Trinajstić information content (AvgIpc) is 2.71. The fourth-order valence-corrected chi connectivity index (χ4v) is 0.963. The molecule has 1 N–H and O–H groups in total. The van der Waals surface area contributed by atoms with Gasteiger partial charge in [-0.05, 0) is 35.4 Å². The number of rotatable bonds is 1. The number of tetrazole rings is 1. The van der Waals surface area contributed by atoms with Gasteiger partial charge in [0.2, 0.25) is 5.91 Å². The minimum atomic E-state index is -0.0359. The minimum Gasteiger partial charge on any atom is -0.326 e. The number of carbonyl (C=O) groups is 1. The standard InChI is InChI=1S/C8H9NO.CH2N4S/c1-7(10)9-8-5-3-2-4-6-8;6-5-1-2-3-4-5/h2-6H,1H3,(H,9,10);1,6H. The average molecular weight is 237 g/mol. The van der Waals surface area contributed by atoms with Crippen LogP contribution in [0.15, 0.2) is 36.7 Å². The molecule has 0 fully saturated rings. The van der Waals surface area contributed by atoms with Gasteiger partial charge in [0.1, 0.15) is 0 Å². The number of hydrogen-bond acceptors (Lipinski definition) is 5. The second-order valence-corrected chi connectivity index (χ2v) is 3.19. The van der Waals surface area contributed by atoms with Crippen molar-refractivity contribution in [1.29, 1.82) is 0 Å². The van der Waals surface area contributed by atoms with Crippen LogP contribution in [-0.2, 0) is 4.79 Å². The van der Waals surface area contributed by atoms with Crippen LogP contribution in [0.2, 0.25) is 0 Å². The van der Waals surface area contributed by atoms with Crippen molar-refractivity contribution in [3.05, 3.63) is 36.7 Å². The van der Waals surface area contributed by atoms with Gasteiger partial charge in [0.05, 0.1) is 0 Å². The van der Waals surface area contributed by atoms with Crippen molar-refractivity contribution in [2.75, 3.05) is 5.32 Å². The summed E-state index contributed by atoms with van der Waals surface area (Å²) in [6, 6.07) is 9.37. The SMILES string of the molecule is CC(=O)Nc1ccccc1.Sn1cnnn1. The highest BCUT2D eigenvalue weighted by Crippen LogP contribution is 2.03. The van der Waals surface area contributed by atoms with Crippen LogP contribution in [0, 0.1) is 0 Å². The number of hydrogen-bond donors (Lipinski definition) is 2. The summed E-state index contributed by atoms with van der Waals surface area (Å²) in [6.45, 7) is 1.49. The van der Waals surface area contributed by atoms with E-state index in [4.69, 9.17) is 0 Å². The number of nitrogens with zero attached hydrogens (tertiary/aromatic N) is 4. The van der Waals surface area contributed by atoms with E-state index in [1.54, 1.807) is 0 Å². The first-order chi connectivity index (χ1) is 7.68. The molecule has 0 aliphatic heterocycles. The van der Waals surface area contributed by atoms with Crippen LogP contribution in [0.4, 0.5) is 5.69 Å². The zero-order valence-corrected chi connectivity index (χ0v) is 9.50. The number of anilines is 1. The zero-order chi connectivity index (χ0) is 11.8. The highest BCUT2D eigenvalue weighted by atomic mass is 32.1. The number of aromatic nitrogens is 4. The van der Waals surface area contributed by atoms with E-state index in [0.717, 1.165) is 5.69 Å². The molecular weight excluding hydrogens is 226 g/mol. The molecule has 0 bridgehead atoms. The number of amides is 1. The van der Waals surface area contributed by atoms with E-state index in [2.05, 4.69) is 33.7 Å². The predicted octanol–water partition coefficient (Wildman–Crippen LogP) is 1.01. The van der Waals surface area contributed by atoms with Gasteiger partial charge in [-0.1, -0.05) is 18.2 Å². The summed E-state index contributed by atoms with van der Waals surface area (Å²) < 4.78 is 1.22. The smallest absolute Gasteiger partial charge is 0.221 e. The Hall–Kier alpha value is -1.89. The second kappa shape index (κ2) is 6.57.